The van der Waals surface area contributed by atoms with Gasteiger partial charge in [-0.05, 0) is 6.42 Å². The number of morpholine rings is 1. The number of nitrogens with zero attached hydrogens (tertiary/aromatic N) is 3. The van der Waals surface area contributed by atoms with Crippen LogP contribution in [-0.2, 0) is 4.74 Å². The molecule has 1 unspecified atom stereocenters. The summed E-state index contributed by atoms with van der Waals surface area (Å²) in [6, 6.07) is 1.30. The van der Waals surface area contributed by atoms with Gasteiger partial charge < -0.3 is 15.0 Å². The first-order valence-electron chi connectivity index (χ1n) is 7.03. The normalized spacial score (nSPS) is 25.1. The maximum atomic E-state index is 13.2. The molecule has 8 heteroatoms. The monoisotopic (exact) mass is 318 g/mol. The zero-order valence-corrected chi connectivity index (χ0v) is 12.2. The standard InChI is InChI=1S/C13H17ClF2N4O/c14-10-7-11(17-9-1-2-13(15,16)8-9)19-12(18-10)20-3-5-21-6-4-20/h7,9H,1-6,8H2,(H,17,18,19). The molecule has 0 bridgehead atoms. The Bertz CT molecular complexity index is 511. The van der Waals surface area contributed by atoms with E-state index in [1.54, 1.807) is 6.07 Å². The van der Waals surface area contributed by atoms with Crippen LogP contribution in [0.25, 0.3) is 0 Å². The van der Waals surface area contributed by atoms with Crippen LogP contribution in [0.15, 0.2) is 6.07 Å². The van der Waals surface area contributed by atoms with E-state index in [0.717, 1.165) is 0 Å². The molecule has 1 saturated carbocycles. The zero-order valence-electron chi connectivity index (χ0n) is 11.5. The molecule has 116 valence electrons. The molecule has 2 aliphatic rings. The summed E-state index contributed by atoms with van der Waals surface area (Å²) in [6.07, 6.45) is 0.183. The summed E-state index contributed by atoms with van der Waals surface area (Å²) >= 11 is 6.01. The molecule has 1 aromatic heterocycles. The second-order valence-corrected chi connectivity index (χ2v) is 5.80. The van der Waals surface area contributed by atoms with Gasteiger partial charge in [-0.15, -0.1) is 0 Å². The Balaban J connectivity index is 1.72. The molecule has 0 spiro atoms. The van der Waals surface area contributed by atoms with Crippen LogP contribution in [0.1, 0.15) is 19.3 Å². The van der Waals surface area contributed by atoms with Gasteiger partial charge in [-0.3, -0.25) is 0 Å². The lowest BCUT2D eigenvalue weighted by Gasteiger charge is -2.27. The number of aromatic nitrogens is 2. The molecule has 1 atom stereocenters. The molecular formula is C13H17ClF2N4O. The van der Waals surface area contributed by atoms with Crippen LogP contribution in [0, 0.1) is 0 Å². The second-order valence-electron chi connectivity index (χ2n) is 5.42. The summed E-state index contributed by atoms with van der Waals surface area (Å²) in [4.78, 5) is 10.6. The van der Waals surface area contributed by atoms with Crippen LogP contribution in [0.2, 0.25) is 5.15 Å². The van der Waals surface area contributed by atoms with Gasteiger partial charge in [-0.2, -0.15) is 4.98 Å². The molecule has 1 aromatic rings. The maximum Gasteiger partial charge on any atom is 0.250 e. The lowest BCUT2D eigenvalue weighted by molar-refractivity contribution is 0.00852. The molecule has 2 fully saturated rings. The fraction of sp³-hybridized carbons (Fsp3) is 0.692. The number of rotatable bonds is 3. The predicted octanol–water partition coefficient (Wildman–Crippen LogP) is 2.57. The van der Waals surface area contributed by atoms with Gasteiger partial charge in [0.2, 0.25) is 11.9 Å². The Morgan fingerprint density at radius 3 is 2.76 bits per heavy atom. The quantitative estimate of drug-likeness (QED) is 0.868. The van der Waals surface area contributed by atoms with Crippen LogP contribution in [0.5, 0.6) is 0 Å². The van der Waals surface area contributed by atoms with Crippen molar-refractivity contribution in [3.8, 4) is 0 Å². The second kappa shape index (κ2) is 5.88. The average molecular weight is 319 g/mol. The highest BCUT2D eigenvalue weighted by molar-refractivity contribution is 6.29. The molecule has 1 N–H and O–H groups in total. The van der Waals surface area contributed by atoms with E-state index in [-0.39, 0.29) is 18.9 Å². The van der Waals surface area contributed by atoms with Gasteiger partial charge in [-0.25, -0.2) is 13.8 Å². The van der Waals surface area contributed by atoms with Gasteiger partial charge in [-0.1, -0.05) is 11.6 Å². The van der Waals surface area contributed by atoms with Crippen LogP contribution >= 0.6 is 11.6 Å². The van der Waals surface area contributed by atoms with E-state index >= 15 is 0 Å². The van der Waals surface area contributed by atoms with Crippen molar-refractivity contribution >= 4 is 23.4 Å². The Morgan fingerprint density at radius 1 is 1.33 bits per heavy atom. The maximum absolute atomic E-state index is 13.2. The third-order valence-corrected chi connectivity index (χ3v) is 3.93. The van der Waals surface area contributed by atoms with Crippen LogP contribution in [0.4, 0.5) is 20.5 Å². The van der Waals surface area contributed by atoms with E-state index in [4.69, 9.17) is 16.3 Å². The van der Waals surface area contributed by atoms with Gasteiger partial charge in [0.1, 0.15) is 11.0 Å². The number of alkyl halides is 2. The van der Waals surface area contributed by atoms with Gasteiger partial charge >= 0.3 is 0 Å². The lowest BCUT2D eigenvalue weighted by Crippen LogP contribution is -2.37. The SMILES string of the molecule is FC1(F)CCC(Nc2cc(Cl)nc(N3CCOCC3)n2)C1. The van der Waals surface area contributed by atoms with Gasteiger partial charge in [0.25, 0.3) is 0 Å². The van der Waals surface area contributed by atoms with E-state index in [0.29, 0.717) is 49.6 Å². The summed E-state index contributed by atoms with van der Waals surface area (Å²) in [6.45, 7) is 2.63. The van der Waals surface area contributed by atoms with Crippen molar-refractivity contribution in [1.29, 1.82) is 0 Å². The molecule has 21 heavy (non-hydrogen) atoms. The van der Waals surface area contributed by atoms with Crippen molar-refractivity contribution in [3.63, 3.8) is 0 Å². The largest absolute Gasteiger partial charge is 0.378 e. The summed E-state index contributed by atoms with van der Waals surface area (Å²) in [5.74, 6) is -1.57. The third-order valence-electron chi connectivity index (χ3n) is 3.73. The molecule has 0 radical (unpaired) electrons. The fourth-order valence-corrected chi connectivity index (χ4v) is 2.85. The van der Waals surface area contributed by atoms with Gasteiger partial charge in [0.05, 0.1) is 13.2 Å². The summed E-state index contributed by atoms with van der Waals surface area (Å²) < 4.78 is 31.7. The van der Waals surface area contributed by atoms with Gasteiger partial charge in [0.15, 0.2) is 0 Å². The highest BCUT2D eigenvalue weighted by Gasteiger charge is 2.39. The van der Waals surface area contributed by atoms with E-state index in [1.165, 1.54) is 0 Å². The molecule has 1 aliphatic heterocycles. The summed E-state index contributed by atoms with van der Waals surface area (Å²) in [5.41, 5.74) is 0. The number of nitrogens with one attached hydrogen (secondary N) is 1. The lowest BCUT2D eigenvalue weighted by atomic mass is 10.2. The smallest absolute Gasteiger partial charge is 0.250 e. The highest BCUT2D eigenvalue weighted by atomic mass is 35.5. The first-order chi connectivity index (χ1) is 10.0. The molecule has 0 aromatic carbocycles. The Labute approximate surface area is 126 Å². The minimum absolute atomic E-state index is 0.0835. The van der Waals surface area contributed by atoms with Crippen molar-refractivity contribution in [2.75, 3.05) is 36.5 Å². The minimum atomic E-state index is -2.58. The van der Waals surface area contributed by atoms with Crippen molar-refractivity contribution in [2.24, 2.45) is 0 Å². The summed E-state index contributed by atoms with van der Waals surface area (Å²) in [7, 11) is 0. The Morgan fingerprint density at radius 2 is 2.10 bits per heavy atom. The number of hydrogen-bond acceptors (Lipinski definition) is 5. The molecule has 1 saturated heterocycles. The van der Waals surface area contributed by atoms with E-state index in [1.807, 2.05) is 4.90 Å². The zero-order chi connectivity index (χ0) is 14.9. The molecule has 5 nitrogen and oxygen atoms in total. The summed E-state index contributed by atoms with van der Waals surface area (Å²) in [5, 5.41) is 3.35. The highest BCUT2D eigenvalue weighted by Crippen LogP contribution is 2.36. The average Bonchev–Trinajstić information content (AvgIpc) is 2.78. The third kappa shape index (κ3) is 3.71. The topological polar surface area (TPSA) is 50.3 Å². The van der Waals surface area contributed by atoms with E-state index in [9.17, 15) is 8.78 Å². The van der Waals surface area contributed by atoms with Gasteiger partial charge in [0, 0.05) is 38.0 Å². The van der Waals surface area contributed by atoms with Crippen molar-refractivity contribution in [1.82, 2.24) is 9.97 Å². The predicted molar refractivity (Wildman–Crippen MR) is 76.3 cm³/mol. The van der Waals surface area contributed by atoms with Crippen LogP contribution in [0.3, 0.4) is 0 Å². The van der Waals surface area contributed by atoms with Crippen molar-refractivity contribution in [3.05, 3.63) is 11.2 Å². The molecule has 3 rings (SSSR count). The Kier molecular flexibility index (Phi) is 4.12. The number of halogens is 3. The molecule has 2 heterocycles. The fourth-order valence-electron chi connectivity index (χ4n) is 2.67. The first kappa shape index (κ1) is 14.7. The van der Waals surface area contributed by atoms with Crippen LogP contribution in [-0.4, -0.2) is 48.2 Å². The van der Waals surface area contributed by atoms with Crippen LogP contribution < -0.4 is 10.2 Å². The molecular weight excluding hydrogens is 302 g/mol. The Hall–Kier alpha value is -1.21. The van der Waals surface area contributed by atoms with Crippen molar-refractivity contribution < 1.29 is 13.5 Å². The minimum Gasteiger partial charge on any atom is -0.378 e. The molecule has 1 aliphatic carbocycles. The number of ether oxygens (including phenoxy) is 1. The van der Waals surface area contributed by atoms with E-state index in [2.05, 4.69) is 15.3 Å². The number of hydrogen-bond donors (Lipinski definition) is 1. The molecule has 0 amide bonds. The van der Waals surface area contributed by atoms with E-state index < -0.39 is 5.92 Å². The van der Waals surface area contributed by atoms with Crippen molar-refractivity contribution in [2.45, 2.75) is 31.2 Å². The first-order valence-corrected chi connectivity index (χ1v) is 7.41. The number of anilines is 2.